The molecule has 2 fully saturated rings. The van der Waals surface area contributed by atoms with E-state index >= 15 is 0 Å². The first-order chi connectivity index (χ1) is 7.75. The molecule has 1 heterocycles. The summed E-state index contributed by atoms with van der Waals surface area (Å²) in [5.74, 6) is 2.56. The van der Waals surface area contributed by atoms with Gasteiger partial charge in [0.1, 0.15) is 18.0 Å². The van der Waals surface area contributed by atoms with Crippen LogP contribution >= 0.6 is 0 Å². The van der Waals surface area contributed by atoms with Crippen LogP contribution in [0.1, 0.15) is 31.2 Å². The Hall–Kier alpha value is -1.32. The molecule has 86 valence electrons. The number of nitrogens with two attached hydrogens (primary N) is 1. The molecular formula is C12H18N4. The molecule has 0 radical (unpaired) electrons. The molecule has 0 aromatic carbocycles. The number of anilines is 2. The van der Waals surface area contributed by atoms with E-state index < -0.39 is 0 Å². The lowest BCUT2D eigenvalue weighted by molar-refractivity contribution is 0.705. The first-order valence-corrected chi connectivity index (χ1v) is 6.09. The van der Waals surface area contributed by atoms with E-state index in [0.717, 1.165) is 23.8 Å². The lowest BCUT2D eigenvalue weighted by Crippen LogP contribution is -2.30. The van der Waals surface area contributed by atoms with Crippen molar-refractivity contribution < 1.29 is 0 Å². The van der Waals surface area contributed by atoms with E-state index in [1.807, 2.05) is 6.92 Å². The van der Waals surface area contributed by atoms with Crippen molar-refractivity contribution in [2.24, 2.45) is 5.92 Å². The smallest absolute Gasteiger partial charge is 0.137 e. The summed E-state index contributed by atoms with van der Waals surface area (Å²) >= 11 is 0. The predicted molar refractivity (Wildman–Crippen MR) is 64.3 cm³/mol. The molecule has 1 aromatic rings. The zero-order chi connectivity index (χ0) is 11.1. The zero-order valence-corrected chi connectivity index (χ0v) is 9.69. The van der Waals surface area contributed by atoms with Crippen LogP contribution in [0.25, 0.3) is 0 Å². The minimum absolute atomic E-state index is 0.617. The van der Waals surface area contributed by atoms with Crippen LogP contribution in [0.3, 0.4) is 0 Å². The molecule has 0 atom stereocenters. The van der Waals surface area contributed by atoms with E-state index in [-0.39, 0.29) is 0 Å². The van der Waals surface area contributed by atoms with Gasteiger partial charge in [-0.2, -0.15) is 0 Å². The number of rotatable bonds is 4. The van der Waals surface area contributed by atoms with Crippen LogP contribution in [-0.4, -0.2) is 22.6 Å². The summed E-state index contributed by atoms with van der Waals surface area (Å²) < 4.78 is 0. The first kappa shape index (κ1) is 9.87. The Morgan fingerprint density at radius 2 is 2.06 bits per heavy atom. The molecule has 2 aliphatic rings. The fourth-order valence-corrected chi connectivity index (χ4v) is 2.12. The number of nitrogens with zero attached hydrogens (tertiary/aromatic N) is 3. The SMILES string of the molecule is Cc1c(N)ncnc1N(CC1CC1)C1CC1. The van der Waals surface area contributed by atoms with Gasteiger partial charge in [-0.15, -0.1) is 0 Å². The van der Waals surface area contributed by atoms with Crippen LogP contribution in [0, 0.1) is 12.8 Å². The van der Waals surface area contributed by atoms with E-state index in [1.165, 1.54) is 25.7 Å². The predicted octanol–water partition coefficient (Wildman–Crippen LogP) is 1.75. The van der Waals surface area contributed by atoms with Crippen molar-refractivity contribution in [2.75, 3.05) is 17.2 Å². The van der Waals surface area contributed by atoms with Crippen LogP contribution in [0.15, 0.2) is 6.33 Å². The highest BCUT2D eigenvalue weighted by atomic mass is 15.2. The molecule has 3 rings (SSSR count). The third-order valence-electron chi connectivity index (χ3n) is 3.51. The van der Waals surface area contributed by atoms with Crippen molar-refractivity contribution in [3.8, 4) is 0 Å². The van der Waals surface area contributed by atoms with Gasteiger partial charge in [-0.3, -0.25) is 0 Å². The minimum atomic E-state index is 0.617. The summed E-state index contributed by atoms with van der Waals surface area (Å²) in [6, 6.07) is 0.702. The van der Waals surface area contributed by atoms with Gasteiger partial charge in [0.15, 0.2) is 0 Å². The molecule has 4 nitrogen and oxygen atoms in total. The summed E-state index contributed by atoms with van der Waals surface area (Å²) in [4.78, 5) is 10.9. The normalized spacial score (nSPS) is 19.8. The van der Waals surface area contributed by atoms with E-state index in [0.29, 0.717) is 11.9 Å². The van der Waals surface area contributed by atoms with Crippen LogP contribution in [0.4, 0.5) is 11.6 Å². The Kier molecular flexibility index (Phi) is 2.23. The van der Waals surface area contributed by atoms with Crippen LogP contribution < -0.4 is 10.6 Å². The summed E-state index contributed by atoms with van der Waals surface area (Å²) in [6.45, 7) is 3.18. The number of hydrogen-bond donors (Lipinski definition) is 1. The van der Waals surface area contributed by atoms with E-state index in [4.69, 9.17) is 5.73 Å². The van der Waals surface area contributed by atoms with Crippen molar-refractivity contribution in [1.29, 1.82) is 0 Å². The molecule has 4 heteroatoms. The lowest BCUT2D eigenvalue weighted by atomic mass is 10.2. The molecule has 2 aliphatic carbocycles. The highest BCUT2D eigenvalue weighted by Gasteiger charge is 2.35. The van der Waals surface area contributed by atoms with Gasteiger partial charge in [-0.05, 0) is 38.5 Å². The maximum absolute atomic E-state index is 5.85. The van der Waals surface area contributed by atoms with Gasteiger partial charge >= 0.3 is 0 Å². The van der Waals surface area contributed by atoms with Gasteiger partial charge < -0.3 is 10.6 Å². The van der Waals surface area contributed by atoms with Crippen LogP contribution in [0.2, 0.25) is 0 Å². The monoisotopic (exact) mass is 218 g/mol. The van der Waals surface area contributed by atoms with E-state index in [2.05, 4.69) is 14.9 Å². The van der Waals surface area contributed by atoms with Gasteiger partial charge in [0.05, 0.1) is 0 Å². The molecule has 0 bridgehead atoms. The minimum Gasteiger partial charge on any atom is -0.383 e. The molecule has 2 saturated carbocycles. The summed E-state index contributed by atoms with van der Waals surface area (Å²) in [5.41, 5.74) is 6.88. The average Bonchev–Trinajstić information content (AvgIpc) is 3.14. The second-order valence-electron chi connectivity index (χ2n) is 5.03. The standard InChI is InChI=1S/C12H18N4/c1-8-11(13)14-7-15-12(8)16(10-4-5-10)6-9-2-3-9/h7,9-10H,2-6H2,1H3,(H2,13,14,15). The molecule has 2 N–H and O–H groups in total. The molecular weight excluding hydrogens is 200 g/mol. The Morgan fingerprint density at radius 3 is 2.69 bits per heavy atom. The molecule has 1 aromatic heterocycles. The van der Waals surface area contributed by atoms with Crippen molar-refractivity contribution >= 4 is 11.6 Å². The lowest BCUT2D eigenvalue weighted by Gasteiger charge is -2.25. The van der Waals surface area contributed by atoms with Crippen LogP contribution in [-0.2, 0) is 0 Å². The largest absolute Gasteiger partial charge is 0.383 e. The Labute approximate surface area is 95.9 Å². The first-order valence-electron chi connectivity index (χ1n) is 6.09. The molecule has 0 unspecified atom stereocenters. The summed E-state index contributed by atoms with van der Waals surface area (Å²) in [5, 5.41) is 0. The van der Waals surface area contributed by atoms with Crippen LogP contribution in [0.5, 0.6) is 0 Å². The van der Waals surface area contributed by atoms with Gasteiger partial charge in [0.25, 0.3) is 0 Å². The van der Waals surface area contributed by atoms with Crippen molar-refractivity contribution in [3.63, 3.8) is 0 Å². The maximum Gasteiger partial charge on any atom is 0.137 e. The van der Waals surface area contributed by atoms with E-state index in [9.17, 15) is 0 Å². The Bertz CT molecular complexity index is 396. The topological polar surface area (TPSA) is 55.0 Å². The third kappa shape index (κ3) is 1.84. The number of aromatic nitrogens is 2. The fourth-order valence-electron chi connectivity index (χ4n) is 2.12. The Morgan fingerprint density at radius 1 is 1.31 bits per heavy atom. The van der Waals surface area contributed by atoms with Gasteiger partial charge in [-0.1, -0.05) is 0 Å². The van der Waals surface area contributed by atoms with Crippen molar-refractivity contribution in [3.05, 3.63) is 11.9 Å². The van der Waals surface area contributed by atoms with E-state index in [1.54, 1.807) is 6.33 Å². The highest BCUT2D eigenvalue weighted by Crippen LogP contribution is 2.38. The fraction of sp³-hybridized carbons (Fsp3) is 0.667. The van der Waals surface area contributed by atoms with Crippen molar-refractivity contribution in [2.45, 2.75) is 38.6 Å². The summed E-state index contributed by atoms with van der Waals surface area (Å²) in [6.07, 6.45) is 6.94. The average molecular weight is 218 g/mol. The molecule has 0 aliphatic heterocycles. The molecule has 0 amide bonds. The Balaban J connectivity index is 1.88. The van der Waals surface area contributed by atoms with Gasteiger partial charge in [0.2, 0.25) is 0 Å². The second kappa shape index (κ2) is 3.61. The molecule has 0 spiro atoms. The highest BCUT2D eigenvalue weighted by molar-refractivity contribution is 5.56. The number of nitrogen functional groups attached to an aromatic ring is 1. The molecule has 16 heavy (non-hydrogen) atoms. The van der Waals surface area contributed by atoms with Crippen molar-refractivity contribution in [1.82, 2.24) is 9.97 Å². The maximum atomic E-state index is 5.85. The van der Waals surface area contributed by atoms with Gasteiger partial charge in [0, 0.05) is 18.2 Å². The zero-order valence-electron chi connectivity index (χ0n) is 9.69. The molecule has 0 saturated heterocycles. The van der Waals surface area contributed by atoms with Gasteiger partial charge in [-0.25, -0.2) is 9.97 Å². The summed E-state index contributed by atoms with van der Waals surface area (Å²) in [7, 11) is 0. The quantitative estimate of drug-likeness (QED) is 0.836. The number of hydrogen-bond acceptors (Lipinski definition) is 4. The third-order valence-corrected chi connectivity index (χ3v) is 3.51. The second-order valence-corrected chi connectivity index (χ2v) is 5.03.